The summed E-state index contributed by atoms with van der Waals surface area (Å²) in [5.41, 5.74) is 15.6. The van der Waals surface area contributed by atoms with E-state index >= 15 is 0 Å². The molecule has 0 unspecified atom stereocenters. The van der Waals surface area contributed by atoms with E-state index in [-0.39, 0.29) is 5.41 Å². The molecule has 47 heavy (non-hydrogen) atoms. The van der Waals surface area contributed by atoms with Gasteiger partial charge in [0, 0.05) is 38.9 Å². The van der Waals surface area contributed by atoms with Crippen molar-refractivity contribution in [2.45, 2.75) is 53.9 Å². The average Bonchev–Trinajstić information content (AvgIpc) is 3.44. The number of fused-ring (bicyclic) bond motifs is 6. The van der Waals surface area contributed by atoms with E-state index in [0.717, 1.165) is 60.7 Å². The van der Waals surface area contributed by atoms with Crippen molar-refractivity contribution in [1.82, 2.24) is 9.97 Å². The monoisotopic (exact) mass is 610 g/mol. The average molecular weight is 611 g/mol. The third-order valence-electron chi connectivity index (χ3n) is 9.75. The van der Waals surface area contributed by atoms with Crippen LogP contribution < -0.4 is 0 Å². The third kappa shape index (κ3) is 4.80. The van der Waals surface area contributed by atoms with E-state index in [2.05, 4.69) is 146 Å². The Kier molecular flexibility index (Phi) is 6.59. The summed E-state index contributed by atoms with van der Waals surface area (Å²) in [5.74, 6) is 0. The SMILES string of the molecule is Cc1cnc(-c2cccc3c2oc2c4ccccc4ccc32)cc1-c1cc2ccc(-c3c(C)cc(C(C)(C)C)cc3C)nc2cc1C. The van der Waals surface area contributed by atoms with Gasteiger partial charge in [-0.1, -0.05) is 81.4 Å². The zero-order chi connectivity index (χ0) is 32.6. The van der Waals surface area contributed by atoms with Crippen LogP contribution in [0.3, 0.4) is 0 Å². The quantitative estimate of drug-likeness (QED) is 0.200. The van der Waals surface area contributed by atoms with Gasteiger partial charge < -0.3 is 4.42 Å². The number of hydrogen-bond donors (Lipinski definition) is 0. The van der Waals surface area contributed by atoms with E-state index in [1.54, 1.807) is 0 Å². The predicted octanol–water partition coefficient (Wildman–Crippen LogP) is 12.2. The maximum absolute atomic E-state index is 6.65. The van der Waals surface area contributed by atoms with Crippen LogP contribution in [0.15, 0.2) is 108 Å². The van der Waals surface area contributed by atoms with Gasteiger partial charge >= 0.3 is 0 Å². The maximum Gasteiger partial charge on any atom is 0.144 e. The first-order valence-corrected chi connectivity index (χ1v) is 16.4. The standard InChI is InChI=1S/C44H38N2O/c1-25-21-39-30(16-18-38(46-39)41-26(2)19-31(20-27(41)3)44(5,6)7)22-36(25)37-23-40(45-24-28(37)4)35-14-10-13-33-34-17-15-29-11-8-9-12-32(29)42(34)47-43(33)35/h8-24H,1-7H3. The van der Waals surface area contributed by atoms with E-state index in [1.165, 1.54) is 44.3 Å². The molecule has 0 saturated heterocycles. The van der Waals surface area contributed by atoms with Gasteiger partial charge in [-0.2, -0.15) is 0 Å². The van der Waals surface area contributed by atoms with Gasteiger partial charge in [-0.25, -0.2) is 4.98 Å². The Morgan fingerprint density at radius 1 is 0.532 bits per heavy atom. The number of aromatic nitrogens is 2. The molecule has 3 nitrogen and oxygen atoms in total. The van der Waals surface area contributed by atoms with Gasteiger partial charge in [0.05, 0.1) is 16.9 Å². The molecular formula is C44H38N2O. The number of benzene rings is 5. The molecule has 0 aliphatic heterocycles. The van der Waals surface area contributed by atoms with E-state index in [1.807, 2.05) is 6.20 Å². The summed E-state index contributed by atoms with van der Waals surface area (Å²) >= 11 is 0. The molecule has 3 heterocycles. The highest BCUT2D eigenvalue weighted by atomic mass is 16.3. The van der Waals surface area contributed by atoms with Crippen molar-refractivity contribution in [3.8, 4) is 33.6 Å². The summed E-state index contributed by atoms with van der Waals surface area (Å²) in [7, 11) is 0. The molecule has 0 aliphatic rings. The molecule has 5 aromatic carbocycles. The summed E-state index contributed by atoms with van der Waals surface area (Å²) in [4.78, 5) is 10.1. The fourth-order valence-corrected chi connectivity index (χ4v) is 7.19. The fourth-order valence-electron chi connectivity index (χ4n) is 7.19. The second kappa shape index (κ2) is 10.6. The predicted molar refractivity (Wildman–Crippen MR) is 198 cm³/mol. The molecule has 0 radical (unpaired) electrons. The van der Waals surface area contributed by atoms with Crippen molar-refractivity contribution in [1.29, 1.82) is 0 Å². The molecule has 0 fully saturated rings. The minimum absolute atomic E-state index is 0.108. The second-order valence-electron chi connectivity index (χ2n) is 14.1. The summed E-state index contributed by atoms with van der Waals surface area (Å²) in [6.07, 6.45) is 1.99. The minimum Gasteiger partial charge on any atom is -0.455 e. The van der Waals surface area contributed by atoms with E-state index in [9.17, 15) is 0 Å². The van der Waals surface area contributed by atoms with Crippen molar-refractivity contribution in [2.24, 2.45) is 0 Å². The molecule has 3 aromatic heterocycles. The lowest BCUT2D eigenvalue weighted by Gasteiger charge is -2.22. The van der Waals surface area contributed by atoms with Gasteiger partial charge in [0.25, 0.3) is 0 Å². The van der Waals surface area contributed by atoms with Crippen LogP contribution in [-0.2, 0) is 5.41 Å². The number of nitrogens with zero attached hydrogens (tertiary/aromatic N) is 2. The van der Waals surface area contributed by atoms with Crippen molar-refractivity contribution >= 4 is 43.6 Å². The van der Waals surface area contributed by atoms with E-state index in [0.29, 0.717) is 0 Å². The van der Waals surface area contributed by atoms with Gasteiger partial charge in [0.1, 0.15) is 11.2 Å². The largest absolute Gasteiger partial charge is 0.455 e. The summed E-state index contributed by atoms with van der Waals surface area (Å²) in [5, 5.41) is 5.66. The van der Waals surface area contributed by atoms with Crippen molar-refractivity contribution in [3.05, 3.63) is 131 Å². The van der Waals surface area contributed by atoms with Gasteiger partial charge in [0.2, 0.25) is 0 Å². The van der Waals surface area contributed by atoms with Crippen LogP contribution in [0.4, 0.5) is 0 Å². The molecule has 0 spiro atoms. The van der Waals surface area contributed by atoms with Gasteiger partial charge in [-0.3, -0.25) is 4.98 Å². The molecule has 3 heteroatoms. The molecule has 0 saturated carbocycles. The lowest BCUT2D eigenvalue weighted by molar-refractivity contribution is 0.589. The highest BCUT2D eigenvalue weighted by molar-refractivity contribution is 6.17. The number of hydrogen-bond acceptors (Lipinski definition) is 3. The highest BCUT2D eigenvalue weighted by Gasteiger charge is 2.19. The molecule has 0 aliphatic carbocycles. The highest BCUT2D eigenvalue weighted by Crippen LogP contribution is 2.40. The molecule has 0 N–H and O–H groups in total. The first-order valence-electron chi connectivity index (χ1n) is 16.4. The molecule has 0 atom stereocenters. The Balaban J connectivity index is 1.23. The van der Waals surface area contributed by atoms with Crippen LogP contribution in [0.25, 0.3) is 77.3 Å². The number of para-hydroxylation sites is 1. The van der Waals surface area contributed by atoms with Gasteiger partial charge in [-0.05, 0) is 114 Å². The van der Waals surface area contributed by atoms with Crippen LogP contribution in [0.5, 0.6) is 0 Å². The zero-order valence-electron chi connectivity index (χ0n) is 28.1. The number of furan rings is 1. The van der Waals surface area contributed by atoms with Crippen LogP contribution in [0.1, 0.15) is 48.6 Å². The van der Waals surface area contributed by atoms with Gasteiger partial charge in [0.15, 0.2) is 0 Å². The summed E-state index contributed by atoms with van der Waals surface area (Å²) in [6, 6.07) is 34.9. The lowest BCUT2D eigenvalue weighted by atomic mass is 9.83. The molecule has 8 rings (SSSR count). The fraction of sp³-hybridized carbons (Fsp3) is 0.182. The number of rotatable bonds is 3. The van der Waals surface area contributed by atoms with Gasteiger partial charge in [-0.15, -0.1) is 0 Å². The first kappa shape index (κ1) is 29.1. The van der Waals surface area contributed by atoms with Crippen molar-refractivity contribution in [2.75, 3.05) is 0 Å². The zero-order valence-corrected chi connectivity index (χ0v) is 28.1. The summed E-state index contributed by atoms with van der Waals surface area (Å²) < 4.78 is 6.65. The third-order valence-corrected chi connectivity index (χ3v) is 9.75. The van der Waals surface area contributed by atoms with Crippen molar-refractivity contribution < 1.29 is 4.42 Å². The Morgan fingerprint density at radius 3 is 2.02 bits per heavy atom. The lowest BCUT2D eigenvalue weighted by Crippen LogP contribution is -2.12. The molecule has 0 bridgehead atoms. The van der Waals surface area contributed by atoms with E-state index < -0.39 is 0 Å². The number of aryl methyl sites for hydroxylation is 4. The molecule has 8 aromatic rings. The van der Waals surface area contributed by atoms with Crippen LogP contribution in [0, 0.1) is 27.7 Å². The number of pyridine rings is 2. The van der Waals surface area contributed by atoms with E-state index in [4.69, 9.17) is 14.4 Å². The Labute approximate surface area is 275 Å². The van der Waals surface area contributed by atoms with Crippen LogP contribution >= 0.6 is 0 Å². The topological polar surface area (TPSA) is 38.9 Å². The Morgan fingerprint density at radius 2 is 1.23 bits per heavy atom. The summed E-state index contributed by atoms with van der Waals surface area (Å²) in [6.45, 7) is 15.5. The second-order valence-corrected chi connectivity index (χ2v) is 14.1. The first-order chi connectivity index (χ1) is 22.6. The Bertz CT molecular complexity index is 2520. The molecule has 0 amide bonds. The van der Waals surface area contributed by atoms with Crippen LogP contribution in [0.2, 0.25) is 0 Å². The smallest absolute Gasteiger partial charge is 0.144 e. The molecule has 230 valence electrons. The normalized spacial score (nSPS) is 12.1. The van der Waals surface area contributed by atoms with Crippen LogP contribution in [-0.4, -0.2) is 9.97 Å². The van der Waals surface area contributed by atoms with Crippen molar-refractivity contribution in [3.63, 3.8) is 0 Å². The Hall–Kier alpha value is -5.28. The maximum atomic E-state index is 6.65. The minimum atomic E-state index is 0.108. The molecular weight excluding hydrogens is 572 g/mol.